The zero-order valence-corrected chi connectivity index (χ0v) is 11.0. The molecular formula is C14H24N2O. The van der Waals surface area contributed by atoms with Crippen molar-refractivity contribution in [3.05, 3.63) is 18.2 Å². The summed E-state index contributed by atoms with van der Waals surface area (Å²) in [5.74, 6) is 2.35. The van der Waals surface area contributed by atoms with Crippen LogP contribution in [0.25, 0.3) is 0 Å². The maximum Gasteiger partial charge on any atom is 0.111 e. The lowest BCUT2D eigenvalue weighted by molar-refractivity contribution is 0.105. The Morgan fingerprint density at radius 2 is 2.29 bits per heavy atom. The van der Waals surface area contributed by atoms with E-state index in [0.717, 1.165) is 18.3 Å². The molecule has 0 aromatic carbocycles. The van der Waals surface area contributed by atoms with E-state index in [-0.39, 0.29) is 6.10 Å². The van der Waals surface area contributed by atoms with Gasteiger partial charge in [-0.1, -0.05) is 19.8 Å². The first-order valence-corrected chi connectivity index (χ1v) is 6.92. The molecule has 3 nitrogen and oxygen atoms in total. The summed E-state index contributed by atoms with van der Waals surface area (Å²) in [5.41, 5.74) is 0. The van der Waals surface area contributed by atoms with Crippen molar-refractivity contribution in [1.29, 1.82) is 0 Å². The lowest BCUT2D eigenvalue weighted by Gasteiger charge is -2.18. The van der Waals surface area contributed by atoms with Gasteiger partial charge in [-0.2, -0.15) is 0 Å². The second-order valence-corrected chi connectivity index (χ2v) is 5.25. The van der Waals surface area contributed by atoms with Gasteiger partial charge in [0.25, 0.3) is 0 Å². The molecule has 1 heterocycles. The second-order valence-electron chi connectivity index (χ2n) is 5.25. The Morgan fingerprint density at radius 1 is 1.47 bits per heavy atom. The monoisotopic (exact) mass is 236 g/mol. The average Bonchev–Trinajstić information content (AvgIpc) is 2.96. The van der Waals surface area contributed by atoms with E-state index in [1.54, 1.807) is 0 Å². The molecule has 3 heteroatoms. The highest BCUT2D eigenvalue weighted by molar-refractivity contribution is 4.96. The van der Waals surface area contributed by atoms with Gasteiger partial charge in [0.1, 0.15) is 5.82 Å². The van der Waals surface area contributed by atoms with E-state index >= 15 is 0 Å². The third-order valence-electron chi connectivity index (χ3n) is 4.24. The Bertz CT molecular complexity index is 348. The van der Waals surface area contributed by atoms with Crippen LogP contribution >= 0.6 is 0 Å². The maximum atomic E-state index is 10.3. The highest BCUT2D eigenvalue weighted by atomic mass is 16.3. The van der Waals surface area contributed by atoms with Gasteiger partial charge in [0, 0.05) is 25.4 Å². The number of nitrogens with zero attached hydrogens (tertiary/aromatic N) is 2. The molecule has 0 spiro atoms. The fraction of sp³-hybridized carbons (Fsp3) is 0.786. The third kappa shape index (κ3) is 2.89. The number of rotatable bonds is 5. The Morgan fingerprint density at radius 3 is 2.94 bits per heavy atom. The van der Waals surface area contributed by atoms with Crippen LogP contribution < -0.4 is 0 Å². The Kier molecular flexibility index (Phi) is 4.21. The number of imidazole rings is 1. The fourth-order valence-electron chi connectivity index (χ4n) is 3.01. The van der Waals surface area contributed by atoms with E-state index in [9.17, 15) is 5.11 Å². The van der Waals surface area contributed by atoms with Crippen molar-refractivity contribution in [2.75, 3.05) is 0 Å². The van der Waals surface area contributed by atoms with Gasteiger partial charge in [-0.3, -0.25) is 0 Å². The fourth-order valence-corrected chi connectivity index (χ4v) is 3.01. The molecule has 96 valence electrons. The summed E-state index contributed by atoms with van der Waals surface area (Å²) in [5, 5.41) is 10.3. The molecule has 0 bridgehead atoms. The van der Waals surface area contributed by atoms with Crippen LogP contribution in [-0.2, 0) is 13.0 Å². The van der Waals surface area contributed by atoms with Crippen molar-refractivity contribution in [3.63, 3.8) is 0 Å². The zero-order valence-electron chi connectivity index (χ0n) is 11.0. The molecule has 0 radical (unpaired) electrons. The third-order valence-corrected chi connectivity index (χ3v) is 4.24. The Labute approximate surface area is 104 Å². The van der Waals surface area contributed by atoms with Crippen molar-refractivity contribution in [3.8, 4) is 0 Å². The molecule has 17 heavy (non-hydrogen) atoms. The summed E-state index contributed by atoms with van der Waals surface area (Å²) in [4.78, 5) is 4.34. The van der Waals surface area contributed by atoms with Gasteiger partial charge in [-0.15, -0.1) is 0 Å². The summed E-state index contributed by atoms with van der Waals surface area (Å²) >= 11 is 0. The van der Waals surface area contributed by atoms with Crippen LogP contribution in [0, 0.1) is 11.8 Å². The molecule has 1 saturated carbocycles. The van der Waals surface area contributed by atoms with Gasteiger partial charge >= 0.3 is 0 Å². The number of aliphatic hydroxyl groups is 1. The summed E-state index contributed by atoms with van der Waals surface area (Å²) in [6, 6.07) is 0. The molecule has 2 rings (SSSR count). The van der Waals surface area contributed by atoms with Crippen molar-refractivity contribution >= 4 is 0 Å². The number of aliphatic hydroxyl groups excluding tert-OH is 1. The minimum atomic E-state index is -0.209. The Balaban J connectivity index is 1.91. The molecule has 1 aromatic rings. The van der Waals surface area contributed by atoms with Crippen molar-refractivity contribution in [1.82, 2.24) is 9.55 Å². The summed E-state index contributed by atoms with van der Waals surface area (Å²) in [6.07, 6.45) is 9.26. The predicted octanol–water partition coefficient (Wildman–Crippen LogP) is 2.63. The molecule has 1 N–H and O–H groups in total. The molecule has 0 amide bonds. The number of hydrogen-bond acceptors (Lipinski definition) is 2. The zero-order chi connectivity index (χ0) is 12.3. The van der Waals surface area contributed by atoms with Crippen LogP contribution in [0.15, 0.2) is 12.4 Å². The standard InChI is InChI=1S/C14H24N2O/c1-3-11-5-6-12(9-11)13(17)10-14-15-7-8-16(14)4-2/h7-8,11-13,17H,3-6,9-10H2,1-2H3. The number of aromatic nitrogens is 2. The van der Waals surface area contributed by atoms with E-state index in [0.29, 0.717) is 12.3 Å². The quantitative estimate of drug-likeness (QED) is 0.853. The first-order valence-electron chi connectivity index (χ1n) is 6.92. The van der Waals surface area contributed by atoms with Gasteiger partial charge in [-0.05, 0) is 31.6 Å². The summed E-state index contributed by atoms with van der Waals surface area (Å²) in [7, 11) is 0. The normalized spacial score (nSPS) is 26.3. The number of aryl methyl sites for hydroxylation is 1. The molecule has 1 aromatic heterocycles. The van der Waals surface area contributed by atoms with Crippen molar-refractivity contribution in [2.45, 2.75) is 58.6 Å². The molecular weight excluding hydrogens is 212 g/mol. The van der Waals surface area contributed by atoms with E-state index in [1.807, 2.05) is 12.4 Å². The lowest BCUT2D eigenvalue weighted by Crippen LogP contribution is -2.22. The van der Waals surface area contributed by atoms with Crippen LogP contribution in [-0.4, -0.2) is 20.8 Å². The van der Waals surface area contributed by atoms with Gasteiger partial charge in [0.05, 0.1) is 6.10 Å². The van der Waals surface area contributed by atoms with Crippen molar-refractivity contribution < 1.29 is 5.11 Å². The van der Waals surface area contributed by atoms with Gasteiger partial charge in [0.2, 0.25) is 0 Å². The lowest BCUT2D eigenvalue weighted by atomic mass is 9.96. The van der Waals surface area contributed by atoms with Crippen LogP contribution in [0.3, 0.4) is 0 Å². The second kappa shape index (κ2) is 5.67. The first-order chi connectivity index (χ1) is 8.24. The van der Waals surface area contributed by atoms with E-state index < -0.39 is 0 Å². The highest BCUT2D eigenvalue weighted by Gasteiger charge is 2.29. The average molecular weight is 236 g/mol. The first kappa shape index (κ1) is 12.6. The molecule has 1 aliphatic carbocycles. The van der Waals surface area contributed by atoms with Gasteiger partial charge in [-0.25, -0.2) is 4.98 Å². The minimum Gasteiger partial charge on any atom is -0.392 e. The van der Waals surface area contributed by atoms with E-state index in [1.165, 1.54) is 25.7 Å². The van der Waals surface area contributed by atoms with Crippen LogP contribution in [0.1, 0.15) is 45.4 Å². The maximum absolute atomic E-state index is 10.3. The SMILES string of the molecule is CCC1CCC(C(O)Cc2nccn2CC)C1. The van der Waals surface area contributed by atoms with E-state index in [2.05, 4.69) is 23.4 Å². The minimum absolute atomic E-state index is 0.209. The molecule has 1 aliphatic rings. The topological polar surface area (TPSA) is 38.1 Å². The highest BCUT2D eigenvalue weighted by Crippen LogP contribution is 2.35. The largest absolute Gasteiger partial charge is 0.392 e. The predicted molar refractivity (Wildman–Crippen MR) is 68.7 cm³/mol. The van der Waals surface area contributed by atoms with Gasteiger partial charge in [0.15, 0.2) is 0 Å². The number of hydrogen-bond donors (Lipinski definition) is 1. The molecule has 1 fully saturated rings. The van der Waals surface area contributed by atoms with Crippen LogP contribution in [0.4, 0.5) is 0 Å². The smallest absolute Gasteiger partial charge is 0.111 e. The van der Waals surface area contributed by atoms with Gasteiger partial charge < -0.3 is 9.67 Å². The summed E-state index contributed by atoms with van der Waals surface area (Å²) < 4.78 is 2.12. The Hall–Kier alpha value is -0.830. The van der Waals surface area contributed by atoms with E-state index in [4.69, 9.17) is 0 Å². The summed E-state index contributed by atoms with van der Waals surface area (Å²) in [6.45, 7) is 5.30. The van der Waals surface area contributed by atoms with Crippen molar-refractivity contribution in [2.24, 2.45) is 11.8 Å². The molecule has 0 saturated heterocycles. The molecule has 3 atom stereocenters. The molecule has 0 aliphatic heterocycles. The molecule has 3 unspecified atom stereocenters. The van der Waals surface area contributed by atoms with Crippen LogP contribution in [0.2, 0.25) is 0 Å². The van der Waals surface area contributed by atoms with Crippen LogP contribution in [0.5, 0.6) is 0 Å².